The van der Waals surface area contributed by atoms with Crippen molar-refractivity contribution in [3.05, 3.63) is 59.3 Å². The number of ether oxygens (including phenoxy) is 2. The van der Waals surface area contributed by atoms with Crippen LogP contribution in [-0.2, 0) is 22.6 Å². The number of hydrogen-bond acceptors (Lipinski definition) is 7. The first-order valence-electron chi connectivity index (χ1n) is 11.7. The largest absolute Gasteiger partial charge is 0.490 e. The van der Waals surface area contributed by atoms with Crippen molar-refractivity contribution in [1.29, 1.82) is 5.26 Å². The summed E-state index contributed by atoms with van der Waals surface area (Å²) in [5.74, 6) is 0.407. The summed E-state index contributed by atoms with van der Waals surface area (Å²) < 4.78 is 11.4. The quantitative estimate of drug-likeness (QED) is 0.434. The number of nitrogens with one attached hydrogen (secondary N) is 1. The van der Waals surface area contributed by atoms with Crippen LogP contribution in [0.5, 0.6) is 5.75 Å². The van der Waals surface area contributed by atoms with Gasteiger partial charge in [0.1, 0.15) is 29.5 Å². The monoisotopic (exact) mass is 475 g/mol. The average Bonchev–Trinajstić information content (AvgIpc) is 3.55. The summed E-state index contributed by atoms with van der Waals surface area (Å²) in [6.07, 6.45) is 4.53. The van der Waals surface area contributed by atoms with Crippen molar-refractivity contribution in [3.8, 4) is 32.8 Å². The maximum absolute atomic E-state index is 12.3. The lowest BCUT2D eigenvalue weighted by atomic mass is 9.98. The Labute approximate surface area is 204 Å². The number of aromatic nitrogens is 1. The van der Waals surface area contributed by atoms with Crippen molar-refractivity contribution >= 4 is 17.3 Å². The van der Waals surface area contributed by atoms with Gasteiger partial charge >= 0.3 is 5.97 Å². The highest BCUT2D eigenvalue weighted by Crippen LogP contribution is 2.36. The van der Waals surface area contributed by atoms with Crippen LogP contribution in [0, 0.1) is 11.3 Å². The zero-order valence-electron chi connectivity index (χ0n) is 19.8. The number of rotatable bonds is 8. The van der Waals surface area contributed by atoms with Crippen LogP contribution in [0.4, 0.5) is 0 Å². The van der Waals surface area contributed by atoms with Crippen LogP contribution in [0.25, 0.3) is 21.0 Å². The van der Waals surface area contributed by atoms with Crippen LogP contribution >= 0.6 is 11.3 Å². The van der Waals surface area contributed by atoms with Gasteiger partial charge in [0.25, 0.3) is 0 Å². The predicted molar refractivity (Wildman–Crippen MR) is 134 cm³/mol. The highest BCUT2D eigenvalue weighted by Gasteiger charge is 2.24. The number of benzene rings is 2. The third-order valence-corrected chi connectivity index (χ3v) is 6.90. The summed E-state index contributed by atoms with van der Waals surface area (Å²) in [6.45, 7) is 7.12. The highest BCUT2D eigenvalue weighted by molar-refractivity contribution is 7.18. The minimum Gasteiger partial charge on any atom is -0.490 e. The molecule has 4 rings (SSSR count). The van der Waals surface area contributed by atoms with E-state index in [1.165, 1.54) is 0 Å². The molecule has 0 spiro atoms. The van der Waals surface area contributed by atoms with Gasteiger partial charge in [-0.2, -0.15) is 5.26 Å². The molecule has 0 saturated carbocycles. The average molecular weight is 476 g/mol. The van der Waals surface area contributed by atoms with Gasteiger partial charge in [-0.15, -0.1) is 11.3 Å². The summed E-state index contributed by atoms with van der Waals surface area (Å²) >= 11 is 1.58. The second kappa shape index (κ2) is 10.8. The van der Waals surface area contributed by atoms with Gasteiger partial charge in [0.2, 0.25) is 0 Å². The zero-order valence-corrected chi connectivity index (χ0v) is 20.6. The van der Waals surface area contributed by atoms with Gasteiger partial charge < -0.3 is 14.8 Å². The second-order valence-electron chi connectivity index (χ2n) is 8.57. The van der Waals surface area contributed by atoms with Gasteiger partial charge in [-0.25, -0.2) is 4.98 Å². The summed E-state index contributed by atoms with van der Waals surface area (Å²) in [5.41, 5.74) is 4.65. The lowest BCUT2D eigenvalue weighted by Gasteiger charge is -2.15. The summed E-state index contributed by atoms with van der Waals surface area (Å²) in [6, 6.07) is 13.7. The van der Waals surface area contributed by atoms with Crippen LogP contribution in [0.15, 0.2) is 42.6 Å². The molecule has 6 nitrogen and oxygen atoms in total. The van der Waals surface area contributed by atoms with Crippen molar-refractivity contribution < 1.29 is 14.3 Å². The molecule has 0 unspecified atom stereocenters. The number of carbonyl (C=O) groups is 1. The molecule has 0 aliphatic carbocycles. The van der Waals surface area contributed by atoms with Crippen LogP contribution < -0.4 is 10.1 Å². The Morgan fingerprint density at radius 1 is 1.32 bits per heavy atom. The van der Waals surface area contributed by atoms with Crippen LogP contribution in [0.2, 0.25) is 0 Å². The van der Waals surface area contributed by atoms with Gasteiger partial charge in [-0.3, -0.25) is 4.79 Å². The van der Waals surface area contributed by atoms with E-state index in [1.807, 2.05) is 50.4 Å². The summed E-state index contributed by atoms with van der Waals surface area (Å²) in [5, 5.41) is 13.6. The number of nitrogens with zero attached hydrogens (tertiary/aromatic N) is 2. The number of esters is 1. The molecule has 0 amide bonds. The third-order valence-electron chi connectivity index (χ3n) is 5.82. The molecular weight excluding hydrogens is 446 g/mol. The van der Waals surface area contributed by atoms with E-state index in [2.05, 4.69) is 29.4 Å². The molecule has 0 bridgehead atoms. The SMILES string of the molecule is CCc1c(COC(=O)[C@@H]2CCCN2)cccc1-c1cnc(-c2ccc(OC(C)C)c(C#N)c2)s1. The fourth-order valence-corrected chi connectivity index (χ4v) is 5.16. The molecule has 2 heterocycles. The minimum absolute atomic E-state index is 0.00198. The van der Waals surface area contributed by atoms with Crippen molar-refractivity contribution in [2.24, 2.45) is 0 Å². The van der Waals surface area contributed by atoms with Gasteiger partial charge in [-0.05, 0) is 74.5 Å². The number of hydrogen-bond donors (Lipinski definition) is 1. The molecule has 7 heteroatoms. The first-order valence-corrected chi connectivity index (χ1v) is 12.5. The Balaban J connectivity index is 1.57. The lowest BCUT2D eigenvalue weighted by molar-refractivity contribution is -0.147. The standard InChI is InChI=1S/C27H29N3O3S/c1-4-21-19(16-32-27(31)23-9-6-12-29-23)7-5-8-22(21)25-15-30-26(34-25)18-10-11-24(33-17(2)3)20(13-18)14-28/h5,7-8,10-11,13,15,17,23,29H,4,6,9,12,16H2,1-3H3/t23-/m0/s1. The first-order chi connectivity index (χ1) is 16.5. The van der Waals surface area contributed by atoms with E-state index in [4.69, 9.17) is 9.47 Å². The number of nitriles is 1. The maximum atomic E-state index is 12.3. The second-order valence-corrected chi connectivity index (χ2v) is 9.60. The zero-order chi connectivity index (χ0) is 24.1. The fraction of sp³-hybridized carbons (Fsp3) is 0.370. The van der Waals surface area contributed by atoms with Crippen molar-refractivity contribution in [2.75, 3.05) is 6.54 Å². The molecule has 1 atom stereocenters. The van der Waals surface area contributed by atoms with E-state index in [9.17, 15) is 10.1 Å². The van der Waals surface area contributed by atoms with Crippen molar-refractivity contribution in [3.63, 3.8) is 0 Å². The molecular formula is C27H29N3O3S. The third kappa shape index (κ3) is 5.30. The molecule has 2 aromatic carbocycles. The predicted octanol–water partition coefficient (Wildman–Crippen LogP) is 5.49. The molecule has 1 aliphatic rings. The molecule has 176 valence electrons. The molecule has 1 saturated heterocycles. The minimum atomic E-state index is -0.187. The molecule has 1 fully saturated rings. The van der Waals surface area contributed by atoms with E-state index in [1.54, 1.807) is 11.3 Å². The Morgan fingerprint density at radius 3 is 2.88 bits per heavy atom. The maximum Gasteiger partial charge on any atom is 0.323 e. The topological polar surface area (TPSA) is 84.2 Å². The van der Waals surface area contributed by atoms with Gasteiger partial charge in [0.05, 0.1) is 16.5 Å². The van der Waals surface area contributed by atoms with Gasteiger partial charge in [-0.1, -0.05) is 25.1 Å². The van der Waals surface area contributed by atoms with E-state index >= 15 is 0 Å². The summed E-state index contributed by atoms with van der Waals surface area (Å²) in [4.78, 5) is 18.0. The van der Waals surface area contributed by atoms with Gasteiger partial charge in [0.15, 0.2) is 0 Å². The Bertz CT molecular complexity index is 1210. The van der Waals surface area contributed by atoms with E-state index < -0.39 is 0 Å². The number of thiazole rings is 1. The van der Waals surface area contributed by atoms with Crippen LogP contribution in [0.1, 0.15) is 50.3 Å². The molecule has 34 heavy (non-hydrogen) atoms. The molecule has 1 aliphatic heterocycles. The molecule has 1 N–H and O–H groups in total. The smallest absolute Gasteiger partial charge is 0.323 e. The first kappa shape index (κ1) is 23.9. The summed E-state index contributed by atoms with van der Waals surface area (Å²) in [7, 11) is 0. The Hall–Kier alpha value is -3.21. The van der Waals surface area contributed by atoms with E-state index in [0.717, 1.165) is 57.9 Å². The van der Waals surface area contributed by atoms with E-state index in [-0.39, 0.29) is 24.7 Å². The van der Waals surface area contributed by atoms with Crippen LogP contribution in [-0.4, -0.2) is 29.6 Å². The van der Waals surface area contributed by atoms with Crippen molar-refractivity contribution in [1.82, 2.24) is 10.3 Å². The lowest BCUT2D eigenvalue weighted by Crippen LogP contribution is -2.32. The molecule has 3 aromatic rings. The van der Waals surface area contributed by atoms with E-state index in [0.29, 0.717) is 11.3 Å². The highest BCUT2D eigenvalue weighted by atomic mass is 32.1. The Morgan fingerprint density at radius 2 is 2.18 bits per heavy atom. The normalized spacial score (nSPS) is 15.3. The van der Waals surface area contributed by atoms with Crippen molar-refractivity contribution in [2.45, 2.75) is 58.8 Å². The fourth-order valence-electron chi connectivity index (χ4n) is 4.19. The molecule has 1 aromatic heterocycles. The van der Waals surface area contributed by atoms with Crippen LogP contribution in [0.3, 0.4) is 0 Å². The number of carbonyl (C=O) groups excluding carboxylic acids is 1. The Kier molecular flexibility index (Phi) is 7.61. The molecule has 0 radical (unpaired) electrons. The van der Waals surface area contributed by atoms with Gasteiger partial charge in [0, 0.05) is 11.8 Å².